The van der Waals surface area contributed by atoms with Crippen molar-refractivity contribution in [2.45, 2.75) is 12.5 Å². The van der Waals surface area contributed by atoms with Gasteiger partial charge in [-0.3, -0.25) is 9.59 Å². The highest BCUT2D eigenvalue weighted by atomic mass is 16.4. The third kappa shape index (κ3) is 4.28. The number of carbonyl (C=O) groups excluding carboxylic acids is 1. The van der Waals surface area contributed by atoms with E-state index in [0.29, 0.717) is 18.8 Å². The van der Waals surface area contributed by atoms with Crippen LogP contribution in [0.4, 0.5) is 5.69 Å². The number of carbonyl (C=O) groups is 2. The molecule has 0 aromatic heterocycles. The quantitative estimate of drug-likeness (QED) is 0.614. The average Bonchev–Trinajstić information content (AvgIpc) is 2.51. The predicted octanol–water partition coefficient (Wildman–Crippen LogP) is 1.17. The van der Waals surface area contributed by atoms with Gasteiger partial charge in [0.25, 0.3) is 0 Å². The monoisotopic (exact) mass is 301 g/mol. The molecule has 0 saturated carbocycles. The molecular weight excluding hydrogens is 282 g/mol. The van der Waals surface area contributed by atoms with Crippen LogP contribution in [0.2, 0.25) is 0 Å². The van der Waals surface area contributed by atoms with Crippen LogP contribution in [0, 0.1) is 0 Å². The Kier molecular flexibility index (Phi) is 5.46. The van der Waals surface area contributed by atoms with Crippen LogP contribution >= 0.6 is 0 Å². The highest BCUT2D eigenvalue weighted by Gasteiger charge is 2.20. The van der Waals surface area contributed by atoms with Crippen molar-refractivity contribution in [3.63, 3.8) is 0 Å². The van der Waals surface area contributed by atoms with E-state index in [2.05, 4.69) is 10.6 Å². The summed E-state index contributed by atoms with van der Waals surface area (Å²) in [4.78, 5) is 23.1. The molecule has 0 radical (unpaired) electrons. The van der Waals surface area contributed by atoms with E-state index in [0.717, 1.165) is 10.8 Å². The fraction of sp³-hybridized carbons (Fsp3) is 0.250. The van der Waals surface area contributed by atoms with Crippen LogP contribution in [0.3, 0.4) is 0 Å². The van der Waals surface area contributed by atoms with Gasteiger partial charge in [-0.25, -0.2) is 0 Å². The maximum Gasteiger partial charge on any atom is 0.321 e. The molecule has 0 heterocycles. The molecule has 0 aliphatic heterocycles. The van der Waals surface area contributed by atoms with E-state index in [1.807, 2.05) is 36.4 Å². The number of rotatable bonds is 7. The standard InChI is InChI=1S/C16H19N3O3/c17-7-8-18-14(16(21)22)10-15(20)19-13-6-5-11-3-1-2-4-12(11)9-13/h1-6,9,14,18H,7-8,10,17H2,(H,19,20)(H,21,22). The Bertz CT molecular complexity index is 672. The minimum absolute atomic E-state index is 0.151. The molecule has 0 aliphatic carbocycles. The average molecular weight is 301 g/mol. The smallest absolute Gasteiger partial charge is 0.321 e. The number of aliphatic carboxylic acids is 1. The summed E-state index contributed by atoms with van der Waals surface area (Å²) in [5.74, 6) is -1.42. The van der Waals surface area contributed by atoms with Crippen molar-refractivity contribution in [2.24, 2.45) is 5.73 Å². The first-order valence-electron chi connectivity index (χ1n) is 7.05. The van der Waals surface area contributed by atoms with E-state index in [1.165, 1.54) is 0 Å². The van der Waals surface area contributed by atoms with Gasteiger partial charge in [0.15, 0.2) is 0 Å². The van der Waals surface area contributed by atoms with E-state index >= 15 is 0 Å². The number of hydrogen-bond acceptors (Lipinski definition) is 4. The summed E-state index contributed by atoms with van der Waals surface area (Å²) in [6, 6.07) is 12.4. The van der Waals surface area contributed by atoms with Crippen LogP contribution < -0.4 is 16.4 Å². The molecule has 2 aromatic rings. The summed E-state index contributed by atoms with van der Waals surface area (Å²) in [5.41, 5.74) is 5.97. The van der Waals surface area contributed by atoms with Gasteiger partial charge in [-0.05, 0) is 22.9 Å². The zero-order valence-corrected chi connectivity index (χ0v) is 12.1. The molecular formula is C16H19N3O3. The Labute approximate surface area is 128 Å². The zero-order chi connectivity index (χ0) is 15.9. The van der Waals surface area contributed by atoms with Crippen LogP contribution in [0.1, 0.15) is 6.42 Å². The number of nitrogens with one attached hydrogen (secondary N) is 2. The third-order valence-electron chi connectivity index (χ3n) is 3.26. The number of hydrogen-bond donors (Lipinski definition) is 4. The molecule has 5 N–H and O–H groups in total. The van der Waals surface area contributed by atoms with Crippen LogP contribution in [0.15, 0.2) is 42.5 Å². The Morgan fingerprint density at radius 1 is 1.14 bits per heavy atom. The minimum atomic E-state index is -1.07. The van der Waals surface area contributed by atoms with Crippen LogP contribution in [-0.4, -0.2) is 36.1 Å². The lowest BCUT2D eigenvalue weighted by atomic mass is 10.1. The van der Waals surface area contributed by atoms with Gasteiger partial charge >= 0.3 is 5.97 Å². The second-order valence-corrected chi connectivity index (χ2v) is 4.95. The number of nitrogens with two attached hydrogens (primary N) is 1. The minimum Gasteiger partial charge on any atom is -0.480 e. The molecule has 1 amide bonds. The van der Waals surface area contributed by atoms with E-state index < -0.39 is 12.0 Å². The normalized spacial score (nSPS) is 12.0. The van der Waals surface area contributed by atoms with E-state index in [9.17, 15) is 9.59 Å². The molecule has 2 rings (SSSR count). The summed E-state index contributed by atoms with van der Waals surface area (Å²) >= 11 is 0. The number of carboxylic acids is 1. The lowest BCUT2D eigenvalue weighted by Gasteiger charge is -2.14. The number of anilines is 1. The number of benzene rings is 2. The number of carboxylic acid groups (broad SMARTS) is 1. The van der Waals surface area contributed by atoms with Gasteiger partial charge in [-0.1, -0.05) is 30.3 Å². The molecule has 6 heteroatoms. The van der Waals surface area contributed by atoms with Gasteiger partial charge in [-0.2, -0.15) is 0 Å². The molecule has 0 aliphatic rings. The third-order valence-corrected chi connectivity index (χ3v) is 3.26. The molecule has 6 nitrogen and oxygen atoms in total. The van der Waals surface area contributed by atoms with Gasteiger partial charge in [-0.15, -0.1) is 0 Å². The van der Waals surface area contributed by atoms with Crippen molar-refractivity contribution in [1.29, 1.82) is 0 Å². The van der Waals surface area contributed by atoms with E-state index in [4.69, 9.17) is 10.8 Å². The molecule has 0 fully saturated rings. The van der Waals surface area contributed by atoms with Crippen molar-refractivity contribution >= 4 is 28.3 Å². The second kappa shape index (κ2) is 7.53. The Hall–Kier alpha value is -2.44. The van der Waals surface area contributed by atoms with Crippen molar-refractivity contribution in [1.82, 2.24) is 5.32 Å². The molecule has 0 saturated heterocycles. The highest BCUT2D eigenvalue weighted by Crippen LogP contribution is 2.19. The molecule has 1 unspecified atom stereocenters. The maximum atomic E-state index is 12.0. The first-order valence-corrected chi connectivity index (χ1v) is 7.05. The highest BCUT2D eigenvalue weighted by molar-refractivity contribution is 5.96. The van der Waals surface area contributed by atoms with Crippen LogP contribution in [0.25, 0.3) is 10.8 Å². The Balaban J connectivity index is 2.01. The first-order chi connectivity index (χ1) is 10.6. The SMILES string of the molecule is NCCNC(CC(=O)Nc1ccc2ccccc2c1)C(=O)O. The van der Waals surface area contributed by atoms with Gasteiger partial charge < -0.3 is 21.5 Å². The summed E-state index contributed by atoms with van der Waals surface area (Å²) in [6.07, 6.45) is -0.151. The van der Waals surface area contributed by atoms with Crippen molar-refractivity contribution < 1.29 is 14.7 Å². The maximum absolute atomic E-state index is 12.0. The number of amides is 1. The lowest BCUT2D eigenvalue weighted by molar-refractivity contribution is -0.141. The first kappa shape index (κ1) is 15.9. The predicted molar refractivity (Wildman–Crippen MR) is 85.7 cm³/mol. The van der Waals surface area contributed by atoms with Gasteiger partial charge in [0.05, 0.1) is 6.42 Å². The topological polar surface area (TPSA) is 104 Å². The summed E-state index contributed by atoms with van der Waals surface area (Å²) in [6.45, 7) is 0.663. The van der Waals surface area contributed by atoms with Crippen LogP contribution in [0.5, 0.6) is 0 Å². The molecule has 0 bridgehead atoms. The Morgan fingerprint density at radius 2 is 1.86 bits per heavy atom. The van der Waals surface area contributed by atoms with Crippen molar-refractivity contribution in [3.05, 3.63) is 42.5 Å². The molecule has 1 atom stereocenters. The second-order valence-electron chi connectivity index (χ2n) is 4.95. The zero-order valence-electron chi connectivity index (χ0n) is 12.1. The molecule has 116 valence electrons. The van der Waals surface area contributed by atoms with Gasteiger partial charge in [0.1, 0.15) is 6.04 Å². The van der Waals surface area contributed by atoms with Gasteiger partial charge in [0, 0.05) is 18.8 Å². The molecule has 2 aromatic carbocycles. The van der Waals surface area contributed by atoms with E-state index in [1.54, 1.807) is 6.07 Å². The molecule has 0 spiro atoms. The largest absolute Gasteiger partial charge is 0.480 e. The summed E-state index contributed by atoms with van der Waals surface area (Å²) < 4.78 is 0. The van der Waals surface area contributed by atoms with Crippen molar-refractivity contribution in [2.75, 3.05) is 18.4 Å². The Morgan fingerprint density at radius 3 is 2.55 bits per heavy atom. The number of fused-ring (bicyclic) bond motifs is 1. The van der Waals surface area contributed by atoms with Crippen molar-refractivity contribution in [3.8, 4) is 0 Å². The summed E-state index contributed by atoms with van der Waals surface area (Å²) in [5, 5.41) is 16.6. The summed E-state index contributed by atoms with van der Waals surface area (Å²) in [7, 11) is 0. The lowest BCUT2D eigenvalue weighted by Crippen LogP contribution is -2.41. The fourth-order valence-corrected chi connectivity index (χ4v) is 2.17. The molecule has 22 heavy (non-hydrogen) atoms. The van der Waals surface area contributed by atoms with Gasteiger partial charge in [0.2, 0.25) is 5.91 Å². The fourth-order valence-electron chi connectivity index (χ4n) is 2.17. The van der Waals surface area contributed by atoms with Crippen LogP contribution in [-0.2, 0) is 9.59 Å². The van der Waals surface area contributed by atoms with E-state index in [-0.39, 0.29) is 12.3 Å².